The summed E-state index contributed by atoms with van der Waals surface area (Å²) in [7, 11) is 0. The van der Waals surface area contributed by atoms with Gasteiger partial charge in [-0.05, 0) is 51.1 Å². The highest BCUT2D eigenvalue weighted by Gasteiger charge is 2.12. The van der Waals surface area contributed by atoms with E-state index in [9.17, 15) is 14.4 Å². The second-order valence-corrected chi connectivity index (χ2v) is 6.02. The summed E-state index contributed by atoms with van der Waals surface area (Å²) in [5.74, 6) is -0.457. The van der Waals surface area contributed by atoms with Crippen LogP contribution < -0.4 is 10.1 Å². The Morgan fingerprint density at radius 2 is 1.67 bits per heavy atom. The minimum absolute atomic E-state index is 0.0459. The smallest absolute Gasteiger partial charge is 0.325 e. The quantitative estimate of drug-likeness (QED) is 0.571. The molecule has 0 aliphatic carbocycles. The average Bonchev–Trinajstić information content (AvgIpc) is 2.65. The van der Waals surface area contributed by atoms with Crippen LogP contribution in [-0.4, -0.2) is 30.8 Å². The SMILES string of the molecule is CCOc1ccc(C(C)=O)cc1COC(=O)CNC(=O)c1ccc(C)cc1. The molecule has 0 radical (unpaired) electrons. The molecule has 0 unspecified atom stereocenters. The molecule has 0 aliphatic rings. The van der Waals surface area contributed by atoms with Crippen molar-refractivity contribution in [3.05, 3.63) is 64.7 Å². The number of Topliss-reactive ketones (excluding diaryl/α,β-unsaturated/α-hetero) is 1. The Morgan fingerprint density at radius 3 is 2.30 bits per heavy atom. The number of amides is 1. The van der Waals surface area contributed by atoms with Crippen molar-refractivity contribution >= 4 is 17.7 Å². The van der Waals surface area contributed by atoms with E-state index in [4.69, 9.17) is 9.47 Å². The summed E-state index contributed by atoms with van der Waals surface area (Å²) in [5.41, 5.74) is 2.63. The zero-order chi connectivity index (χ0) is 19.8. The van der Waals surface area contributed by atoms with Crippen molar-refractivity contribution in [1.29, 1.82) is 0 Å². The van der Waals surface area contributed by atoms with Crippen LogP contribution in [0.3, 0.4) is 0 Å². The van der Waals surface area contributed by atoms with Crippen LogP contribution in [0.15, 0.2) is 42.5 Å². The number of carbonyl (C=O) groups is 3. The van der Waals surface area contributed by atoms with Gasteiger partial charge in [0.15, 0.2) is 5.78 Å². The molecule has 0 fully saturated rings. The molecule has 0 saturated heterocycles. The molecule has 0 saturated carbocycles. The number of benzene rings is 2. The number of hydrogen-bond donors (Lipinski definition) is 1. The van der Waals surface area contributed by atoms with Gasteiger partial charge in [0.2, 0.25) is 0 Å². The molecule has 0 aliphatic heterocycles. The lowest BCUT2D eigenvalue weighted by Crippen LogP contribution is -2.30. The van der Waals surface area contributed by atoms with E-state index in [1.807, 2.05) is 26.0 Å². The molecule has 0 heterocycles. The van der Waals surface area contributed by atoms with Crippen LogP contribution in [0, 0.1) is 6.92 Å². The lowest BCUT2D eigenvalue weighted by molar-refractivity contribution is -0.143. The van der Waals surface area contributed by atoms with E-state index in [0.29, 0.717) is 29.0 Å². The van der Waals surface area contributed by atoms with Gasteiger partial charge in [0.05, 0.1) is 6.61 Å². The van der Waals surface area contributed by atoms with Gasteiger partial charge in [0.25, 0.3) is 5.91 Å². The van der Waals surface area contributed by atoms with E-state index in [1.165, 1.54) is 6.92 Å². The maximum Gasteiger partial charge on any atom is 0.325 e. The second-order valence-electron chi connectivity index (χ2n) is 6.02. The van der Waals surface area contributed by atoms with E-state index >= 15 is 0 Å². The van der Waals surface area contributed by atoms with Crippen LogP contribution in [0.25, 0.3) is 0 Å². The number of ether oxygens (including phenoxy) is 2. The summed E-state index contributed by atoms with van der Waals surface area (Å²) in [6.07, 6.45) is 0. The van der Waals surface area contributed by atoms with Gasteiger partial charge in [0.1, 0.15) is 18.9 Å². The minimum atomic E-state index is -0.578. The first-order valence-corrected chi connectivity index (χ1v) is 8.68. The van der Waals surface area contributed by atoms with Crippen LogP contribution in [0.4, 0.5) is 0 Å². The van der Waals surface area contributed by atoms with Crippen molar-refractivity contribution in [3.63, 3.8) is 0 Å². The van der Waals surface area contributed by atoms with Gasteiger partial charge in [0, 0.05) is 16.7 Å². The number of nitrogens with one attached hydrogen (secondary N) is 1. The molecule has 1 N–H and O–H groups in total. The van der Waals surface area contributed by atoms with Gasteiger partial charge in [-0.25, -0.2) is 0 Å². The first kappa shape index (κ1) is 20.2. The zero-order valence-electron chi connectivity index (χ0n) is 15.7. The predicted molar refractivity (Wildman–Crippen MR) is 101 cm³/mol. The van der Waals surface area contributed by atoms with E-state index < -0.39 is 5.97 Å². The molecule has 2 rings (SSSR count). The van der Waals surface area contributed by atoms with Crippen molar-refractivity contribution < 1.29 is 23.9 Å². The van der Waals surface area contributed by atoms with Crippen LogP contribution in [0.1, 0.15) is 45.7 Å². The average molecular weight is 369 g/mol. The van der Waals surface area contributed by atoms with Crippen LogP contribution in [0.2, 0.25) is 0 Å². The second kappa shape index (κ2) is 9.52. The standard InChI is InChI=1S/C21H23NO5/c1-4-26-19-10-9-17(15(3)23)11-18(19)13-27-20(24)12-22-21(25)16-7-5-14(2)6-8-16/h5-11H,4,12-13H2,1-3H3,(H,22,25). The molecule has 6 heteroatoms. The molecule has 6 nitrogen and oxygen atoms in total. The Bertz CT molecular complexity index is 827. The molecular weight excluding hydrogens is 346 g/mol. The van der Waals surface area contributed by atoms with Crippen molar-refractivity contribution in [2.45, 2.75) is 27.4 Å². The van der Waals surface area contributed by atoms with Crippen LogP contribution in [-0.2, 0) is 16.1 Å². The topological polar surface area (TPSA) is 81.7 Å². The predicted octanol–water partition coefficient (Wildman–Crippen LogP) is 3.07. The van der Waals surface area contributed by atoms with Gasteiger partial charge in [-0.3, -0.25) is 14.4 Å². The van der Waals surface area contributed by atoms with Crippen molar-refractivity contribution in [3.8, 4) is 5.75 Å². The Hall–Kier alpha value is -3.15. The van der Waals surface area contributed by atoms with E-state index in [2.05, 4.69) is 5.32 Å². The molecule has 0 spiro atoms. The number of ketones is 1. The van der Waals surface area contributed by atoms with Gasteiger partial charge < -0.3 is 14.8 Å². The molecule has 0 atom stereocenters. The van der Waals surface area contributed by atoms with Crippen molar-refractivity contribution in [1.82, 2.24) is 5.32 Å². The highest BCUT2D eigenvalue weighted by Crippen LogP contribution is 2.21. The summed E-state index contributed by atoms with van der Waals surface area (Å²) in [6.45, 7) is 5.39. The molecule has 2 aromatic rings. The van der Waals surface area contributed by atoms with Gasteiger partial charge >= 0.3 is 5.97 Å². The van der Waals surface area contributed by atoms with Crippen LogP contribution in [0.5, 0.6) is 5.75 Å². The number of esters is 1. The fraction of sp³-hybridized carbons (Fsp3) is 0.286. The fourth-order valence-electron chi connectivity index (χ4n) is 2.38. The summed E-state index contributed by atoms with van der Waals surface area (Å²) >= 11 is 0. The first-order chi connectivity index (χ1) is 12.9. The third kappa shape index (κ3) is 5.95. The summed E-state index contributed by atoms with van der Waals surface area (Å²) < 4.78 is 10.7. The van der Waals surface area contributed by atoms with E-state index in [-0.39, 0.29) is 24.8 Å². The number of hydrogen-bond acceptors (Lipinski definition) is 5. The third-order valence-corrected chi connectivity index (χ3v) is 3.86. The maximum atomic E-state index is 12.0. The molecule has 142 valence electrons. The fourth-order valence-corrected chi connectivity index (χ4v) is 2.38. The largest absolute Gasteiger partial charge is 0.493 e. The molecule has 0 bridgehead atoms. The van der Waals surface area contributed by atoms with Crippen molar-refractivity contribution in [2.75, 3.05) is 13.2 Å². The normalized spacial score (nSPS) is 10.2. The lowest BCUT2D eigenvalue weighted by Gasteiger charge is -2.12. The first-order valence-electron chi connectivity index (χ1n) is 8.68. The number of rotatable bonds is 8. The summed E-state index contributed by atoms with van der Waals surface area (Å²) in [4.78, 5) is 35.5. The molecule has 1 amide bonds. The number of aryl methyl sites for hydroxylation is 1. The minimum Gasteiger partial charge on any atom is -0.493 e. The Balaban J connectivity index is 1.92. The maximum absolute atomic E-state index is 12.0. The monoisotopic (exact) mass is 369 g/mol. The van der Waals surface area contributed by atoms with Gasteiger partial charge in [-0.2, -0.15) is 0 Å². The van der Waals surface area contributed by atoms with Crippen LogP contribution >= 0.6 is 0 Å². The molecule has 2 aromatic carbocycles. The van der Waals surface area contributed by atoms with Gasteiger partial charge in [-0.15, -0.1) is 0 Å². The number of carbonyl (C=O) groups excluding carboxylic acids is 3. The summed E-state index contributed by atoms with van der Waals surface area (Å²) in [5, 5.41) is 2.52. The Labute approximate surface area is 158 Å². The molecule has 27 heavy (non-hydrogen) atoms. The van der Waals surface area contributed by atoms with Gasteiger partial charge in [-0.1, -0.05) is 17.7 Å². The van der Waals surface area contributed by atoms with Crippen molar-refractivity contribution in [2.24, 2.45) is 0 Å². The Kier molecular flexibility index (Phi) is 7.11. The lowest BCUT2D eigenvalue weighted by atomic mass is 10.1. The molecule has 0 aromatic heterocycles. The highest BCUT2D eigenvalue weighted by atomic mass is 16.5. The van der Waals surface area contributed by atoms with E-state index in [1.54, 1.807) is 30.3 Å². The van der Waals surface area contributed by atoms with E-state index in [0.717, 1.165) is 5.56 Å². The Morgan fingerprint density at radius 1 is 1.00 bits per heavy atom. The highest BCUT2D eigenvalue weighted by molar-refractivity contribution is 5.96. The third-order valence-electron chi connectivity index (χ3n) is 3.86. The zero-order valence-corrected chi connectivity index (χ0v) is 15.7. The summed E-state index contributed by atoms with van der Waals surface area (Å²) in [6, 6.07) is 12.0. The molecular formula is C21H23NO5.